The molecule has 3 rings (SSSR count). The summed E-state index contributed by atoms with van der Waals surface area (Å²) in [6.45, 7) is 0.417. The Kier molecular flexibility index (Phi) is 7.30. The lowest BCUT2D eigenvalue weighted by atomic mass is 10.0. The zero-order valence-electron chi connectivity index (χ0n) is 17.4. The van der Waals surface area contributed by atoms with Crippen molar-refractivity contribution in [3.63, 3.8) is 0 Å². The number of aliphatic carboxylic acids is 1. The van der Waals surface area contributed by atoms with Gasteiger partial charge in [-0.25, -0.2) is 0 Å². The van der Waals surface area contributed by atoms with Crippen LogP contribution in [-0.4, -0.2) is 46.6 Å². The first kappa shape index (κ1) is 25.3. The molecular weight excluding hydrogens is 474 g/mol. The molecule has 0 aromatic heterocycles. The van der Waals surface area contributed by atoms with Gasteiger partial charge in [0.1, 0.15) is 6.04 Å². The van der Waals surface area contributed by atoms with Gasteiger partial charge in [0.15, 0.2) is 0 Å². The maximum absolute atomic E-state index is 13.1. The van der Waals surface area contributed by atoms with E-state index in [4.69, 9.17) is 11.6 Å². The van der Waals surface area contributed by atoms with E-state index in [2.05, 4.69) is 0 Å². The van der Waals surface area contributed by atoms with Gasteiger partial charge in [-0.2, -0.15) is 26.3 Å². The molecule has 2 aromatic rings. The highest BCUT2D eigenvalue weighted by Crippen LogP contribution is 2.37. The molecular formula is C22H21ClF6N2O2. The Hall–Kier alpha value is -2.30. The Morgan fingerprint density at radius 1 is 1.03 bits per heavy atom. The van der Waals surface area contributed by atoms with Crippen molar-refractivity contribution in [2.24, 2.45) is 0 Å². The van der Waals surface area contributed by atoms with Gasteiger partial charge in [0.05, 0.1) is 11.1 Å². The van der Waals surface area contributed by atoms with Crippen LogP contribution in [0.25, 0.3) is 0 Å². The summed E-state index contributed by atoms with van der Waals surface area (Å²) >= 11 is 5.87. The van der Waals surface area contributed by atoms with Gasteiger partial charge in [-0.3, -0.25) is 14.6 Å². The highest BCUT2D eigenvalue weighted by Gasteiger charge is 2.40. The summed E-state index contributed by atoms with van der Waals surface area (Å²) in [5, 5.41) is 10.1. The Labute approximate surface area is 191 Å². The van der Waals surface area contributed by atoms with Crippen LogP contribution in [0.2, 0.25) is 5.02 Å². The number of likely N-dealkylation sites (tertiary alicyclic amines) is 1. The van der Waals surface area contributed by atoms with Crippen LogP contribution in [0.4, 0.5) is 26.3 Å². The maximum atomic E-state index is 13.1. The summed E-state index contributed by atoms with van der Waals surface area (Å²) in [4.78, 5) is 15.1. The van der Waals surface area contributed by atoms with E-state index in [1.807, 2.05) is 0 Å². The maximum Gasteiger partial charge on any atom is 0.416 e. The van der Waals surface area contributed by atoms with E-state index in [1.54, 1.807) is 41.1 Å². The third kappa shape index (κ3) is 6.39. The minimum absolute atomic E-state index is 0.0907. The topological polar surface area (TPSA) is 43.8 Å². The number of hydrogen-bond donors (Lipinski definition) is 1. The summed E-state index contributed by atoms with van der Waals surface area (Å²) < 4.78 is 78.8. The molecule has 1 N–H and O–H groups in total. The minimum atomic E-state index is -4.92. The van der Waals surface area contributed by atoms with E-state index in [9.17, 15) is 36.2 Å². The number of carboxylic acid groups (broad SMARTS) is 1. The third-order valence-corrected chi connectivity index (χ3v) is 5.92. The number of hydrogen-bond acceptors (Lipinski definition) is 3. The monoisotopic (exact) mass is 494 g/mol. The summed E-state index contributed by atoms with van der Waals surface area (Å²) in [6.07, 6.45) is -9.66. The average molecular weight is 495 g/mol. The van der Waals surface area contributed by atoms with Crippen LogP contribution in [0.3, 0.4) is 0 Å². The molecule has 0 aliphatic carbocycles. The third-order valence-electron chi connectivity index (χ3n) is 5.67. The van der Waals surface area contributed by atoms with E-state index in [0.717, 1.165) is 5.56 Å². The van der Waals surface area contributed by atoms with Gasteiger partial charge >= 0.3 is 18.3 Å². The number of carboxylic acids is 1. The van der Waals surface area contributed by atoms with Crippen molar-refractivity contribution >= 4 is 17.6 Å². The summed E-state index contributed by atoms with van der Waals surface area (Å²) in [7, 11) is 1.56. The van der Waals surface area contributed by atoms with Gasteiger partial charge in [-0.1, -0.05) is 23.7 Å². The molecule has 0 saturated carbocycles. The van der Waals surface area contributed by atoms with Crippen LogP contribution in [0.5, 0.6) is 0 Å². The van der Waals surface area contributed by atoms with Gasteiger partial charge in [-0.15, -0.1) is 0 Å². The molecule has 2 atom stereocenters. The number of carbonyl (C=O) groups is 1. The molecule has 1 heterocycles. The summed E-state index contributed by atoms with van der Waals surface area (Å²) in [5.41, 5.74) is -2.07. The van der Waals surface area contributed by atoms with E-state index in [-0.39, 0.29) is 30.6 Å². The fourth-order valence-electron chi connectivity index (χ4n) is 3.98. The molecule has 2 aromatic carbocycles. The van der Waals surface area contributed by atoms with Crippen LogP contribution < -0.4 is 0 Å². The number of benzene rings is 2. The van der Waals surface area contributed by atoms with Gasteiger partial charge in [-0.05, 0) is 54.9 Å². The molecule has 0 amide bonds. The molecule has 4 nitrogen and oxygen atoms in total. The van der Waals surface area contributed by atoms with E-state index < -0.39 is 35.5 Å². The Morgan fingerprint density at radius 3 is 2.06 bits per heavy atom. The van der Waals surface area contributed by atoms with Gasteiger partial charge < -0.3 is 5.11 Å². The molecule has 180 valence electrons. The molecule has 33 heavy (non-hydrogen) atoms. The number of alkyl halides is 6. The number of likely N-dealkylation sites (N-methyl/N-ethyl adjacent to an activating group) is 1. The van der Waals surface area contributed by atoms with Crippen molar-refractivity contribution in [2.45, 2.75) is 43.9 Å². The van der Waals surface area contributed by atoms with Crippen LogP contribution in [0.15, 0.2) is 42.5 Å². The predicted octanol–water partition coefficient (Wildman–Crippen LogP) is 5.54. The summed E-state index contributed by atoms with van der Waals surface area (Å²) in [5.74, 6) is -1.04. The van der Waals surface area contributed by atoms with Crippen LogP contribution in [0.1, 0.15) is 28.7 Å². The second-order valence-electron chi connectivity index (χ2n) is 8.13. The highest BCUT2D eigenvalue weighted by molar-refractivity contribution is 6.30. The lowest BCUT2D eigenvalue weighted by molar-refractivity contribution is -0.144. The van der Waals surface area contributed by atoms with Gasteiger partial charge in [0, 0.05) is 30.7 Å². The Morgan fingerprint density at radius 2 is 1.58 bits per heavy atom. The quantitative estimate of drug-likeness (QED) is 0.536. The van der Waals surface area contributed by atoms with Crippen molar-refractivity contribution in [1.29, 1.82) is 0 Å². The van der Waals surface area contributed by atoms with E-state index in [0.29, 0.717) is 30.2 Å². The molecule has 0 bridgehead atoms. The molecule has 1 aliphatic heterocycles. The molecule has 0 spiro atoms. The molecule has 1 saturated heterocycles. The first-order valence-corrected chi connectivity index (χ1v) is 10.3. The fourth-order valence-corrected chi connectivity index (χ4v) is 4.11. The minimum Gasteiger partial charge on any atom is -0.480 e. The van der Waals surface area contributed by atoms with Crippen molar-refractivity contribution in [1.82, 2.24) is 9.80 Å². The predicted molar refractivity (Wildman–Crippen MR) is 110 cm³/mol. The Bertz CT molecular complexity index is 962. The second-order valence-corrected chi connectivity index (χ2v) is 8.57. The largest absolute Gasteiger partial charge is 0.480 e. The zero-order valence-corrected chi connectivity index (χ0v) is 18.2. The average Bonchev–Trinajstić information content (AvgIpc) is 3.12. The highest BCUT2D eigenvalue weighted by atomic mass is 35.5. The molecule has 0 unspecified atom stereocenters. The van der Waals surface area contributed by atoms with E-state index in [1.165, 1.54) is 0 Å². The van der Waals surface area contributed by atoms with Crippen LogP contribution >= 0.6 is 11.6 Å². The SMILES string of the molecule is CN(Cc1cc(C(F)(F)F)cc(C(F)(F)F)c1)[C@H]1C[C@@H](C(=O)O)N(Cc2ccc(Cl)cc2)C1. The number of nitrogens with zero attached hydrogens (tertiary/aromatic N) is 2. The van der Waals surface area contributed by atoms with Gasteiger partial charge in [0.2, 0.25) is 0 Å². The molecule has 11 heteroatoms. The number of halogens is 7. The van der Waals surface area contributed by atoms with Crippen molar-refractivity contribution < 1.29 is 36.2 Å². The van der Waals surface area contributed by atoms with E-state index >= 15 is 0 Å². The van der Waals surface area contributed by atoms with Crippen LogP contribution in [-0.2, 0) is 30.2 Å². The van der Waals surface area contributed by atoms with Crippen molar-refractivity contribution in [3.8, 4) is 0 Å². The van der Waals surface area contributed by atoms with Crippen molar-refractivity contribution in [2.75, 3.05) is 13.6 Å². The normalized spacial score (nSPS) is 19.9. The first-order valence-electron chi connectivity index (χ1n) is 9.94. The molecule has 1 aliphatic rings. The zero-order chi connectivity index (χ0) is 24.6. The van der Waals surface area contributed by atoms with Crippen molar-refractivity contribution in [3.05, 3.63) is 69.7 Å². The lowest BCUT2D eigenvalue weighted by Crippen LogP contribution is -2.36. The molecule has 0 radical (unpaired) electrons. The van der Waals surface area contributed by atoms with Crippen LogP contribution in [0, 0.1) is 0 Å². The van der Waals surface area contributed by atoms with Gasteiger partial charge in [0.25, 0.3) is 0 Å². The fraction of sp³-hybridized carbons (Fsp3) is 0.409. The molecule has 1 fully saturated rings. The first-order chi connectivity index (χ1) is 15.2. The standard InChI is InChI=1S/C22H21ClF6N2O2/c1-30(10-14-6-15(21(24,25)26)8-16(7-14)22(27,28)29)18-9-19(20(32)33)31(12-18)11-13-2-4-17(23)5-3-13/h2-8,18-19H,9-12H2,1H3,(H,32,33)/t18-,19-/m0/s1. The second kappa shape index (κ2) is 9.52. The Balaban J connectivity index is 1.78. The lowest BCUT2D eigenvalue weighted by Gasteiger charge is -2.25. The number of rotatable bonds is 6. The summed E-state index contributed by atoms with van der Waals surface area (Å²) in [6, 6.07) is 7.16. The smallest absolute Gasteiger partial charge is 0.416 e.